The Morgan fingerprint density at radius 3 is 2.50 bits per heavy atom. The van der Waals surface area contributed by atoms with Crippen LogP contribution < -0.4 is 4.74 Å². The van der Waals surface area contributed by atoms with Gasteiger partial charge in [-0.05, 0) is 38.6 Å². The molecule has 20 heavy (non-hydrogen) atoms. The molecule has 1 rings (SSSR count). The van der Waals surface area contributed by atoms with Gasteiger partial charge in [0.25, 0.3) is 0 Å². The lowest BCUT2D eigenvalue weighted by atomic mass is 10.1. The molecule has 1 unspecified atom stereocenters. The Labute approximate surface area is 117 Å². The first-order valence-corrected chi connectivity index (χ1v) is 6.42. The number of aliphatic hydroxyl groups is 1. The third-order valence-corrected chi connectivity index (χ3v) is 2.76. The van der Waals surface area contributed by atoms with Crippen LogP contribution in [0.1, 0.15) is 31.1 Å². The van der Waals surface area contributed by atoms with Gasteiger partial charge in [-0.25, -0.2) is 0 Å². The molecule has 114 valence electrons. The number of aliphatic hydroxyl groups excluding tert-OH is 1. The highest BCUT2D eigenvalue weighted by molar-refractivity contribution is 5.38. The van der Waals surface area contributed by atoms with Crippen molar-refractivity contribution in [2.24, 2.45) is 0 Å². The van der Waals surface area contributed by atoms with Gasteiger partial charge in [0, 0.05) is 12.1 Å². The normalized spacial score (nSPS) is 13.6. The molecule has 0 aliphatic rings. The van der Waals surface area contributed by atoms with E-state index in [2.05, 4.69) is 0 Å². The molecular weight excluding hydrogens is 271 g/mol. The highest BCUT2D eigenvalue weighted by Gasteiger charge is 2.29. The van der Waals surface area contributed by atoms with Crippen LogP contribution in [-0.4, -0.2) is 36.4 Å². The van der Waals surface area contributed by atoms with Gasteiger partial charge < -0.3 is 9.84 Å². The van der Waals surface area contributed by atoms with Gasteiger partial charge in [0.2, 0.25) is 0 Å². The number of rotatable bonds is 6. The van der Waals surface area contributed by atoms with Gasteiger partial charge in [0.05, 0.1) is 19.3 Å². The topological polar surface area (TPSA) is 32.7 Å². The molecule has 1 N–H and O–H groups in total. The van der Waals surface area contributed by atoms with Crippen LogP contribution in [0.2, 0.25) is 0 Å². The van der Waals surface area contributed by atoms with Crippen LogP contribution >= 0.6 is 0 Å². The van der Waals surface area contributed by atoms with E-state index in [1.165, 1.54) is 11.9 Å². The van der Waals surface area contributed by atoms with E-state index in [1.807, 2.05) is 6.92 Å². The Balaban J connectivity index is 2.92. The second-order valence-electron chi connectivity index (χ2n) is 4.76. The zero-order chi connectivity index (χ0) is 15.3. The lowest BCUT2D eigenvalue weighted by molar-refractivity contribution is -0.144. The molecule has 0 spiro atoms. The van der Waals surface area contributed by atoms with Gasteiger partial charge in [0.15, 0.2) is 0 Å². The van der Waals surface area contributed by atoms with E-state index < -0.39 is 18.8 Å². The molecule has 6 heteroatoms. The summed E-state index contributed by atoms with van der Waals surface area (Å²) in [5, 5.41) is 9.56. The summed E-state index contributed by atoms with van der Waals surface area (Å²) in [4.78, 5) is 1.17. The number of nitrogens with zero attached hydrogens (tertiary/aromatic N) is 1. The van der Waals surface area contributed by atoms with Crippen LogP contribution in [0.15, 0.2) is 18.2 Å². The van der Waals surface area contributed by atoms with Crippen molar-refractivity contribution < 1.29 is 23.0 Å². The molecule has 0 aliphatic carbocycles. The number of hydrogen-bond acceptors (Lipinski definition) is 3. The summed E-state index contributed by atoms with van der Waals surface area (Å²) in [5.74, 6) is 0.547. The molecule has 1 atom stereocenters. The van der Waals surface area contributed by atoms with Crippen molar-refractivity contribution in [1.29, 1.82) is 0 Å². The van der Waals surface area contributed by atoms with Crippen LogP contribution in [0.3, 0.4) is 0 Å². The van der Waals surface area contributed by atoms with Gasteiger partial charge in [-0.2, -0.15) is 13.2 Å². The number of ether oxygens (including phenoxy) is 1. The van der Waals surface area contributed by atoms with Gasteiger partial charge >= 0.3 is 6.18 Å². The van der Waals surface area contributed by atoms with Crippen molar-refractivity contribution in [2.75, 3.05) is 20.2 Å². The molecule has 0 fully saturated rings. The van der Waals surface area contributed by atoms with E-state index >= 15 is 0 Å². The number of hydrogen-bond donors (Lipinski definition) is 1. The Bertz CT molecular complexity index is 433. The maximum Gasteiger partial charge on any atom is 0.401 e. The van der Waals surface area contributed by atoms with E-state index in [0.717, 1.165) is 0 Å². The zero-order valence-electron chi connectivity index (χ0n) is 11.9. The first-order valence-electron chi connectivity index (χ1n) is 6.42. The predicted molar refractivity (Wildman–Crippen MR) is 70.6 cm³/mol. The number of benzene rings is 1. The zero-order valence-corrected chi connectivity index (χ0v) is 11.9. The van der Waals surface area contributed by atoms with Gasteiger partial charge in [-0.3, -0.25) is 4.90 Å². The second kappa shape index (κ2) is 6.95. The Morgan fingerprint density at radius 1 is 1.35 bits per heavy atom. The number of halogens is 3. The summed E-state index contributed by atoms with van der Waals surface area (Å²) in [5.41, 5.74) is 1.29. The monoisotopic (exact) mass is 291 g/mol. The van der Waals surface area contributed by atoms with Gasteiger partial charge in [-0.1, -0.05) is 6.07 Å². The van der Waals surface area contributed by atoms with Crippen LogP contribution in [-0.2, 0) is 6.54 Å². The minimum atomic E-state index is -4.23. The molecule has 0 saturated carbocycles. The highest BCUT2D eigenvalue weighted by atomic mass is 19.4. The molecule has 1 aromatic carbocycles. The van der Waals surface area contributed by atoms with E-state index in [1.54, 1.807) is 25.1 Å². The minimum absolute atomic E-state index is 0.107. The fourth-order valence-electron chi connectivity index (χ4n) is 1.93. The van der Waals surface area contributed by atoms with Gasteiger partial charge in [-0.15, -0.1) is 0 Å². The van der Waals surface area contributed by atoms with Crippen LogP contribution in [0.25, 0.3) is 0 Å². The van der Waals surface area contributed by atoms with Gasteiger partial charge in [0.1, 0.15) is 5.75 Å². The SMILES string of the molecule is CCOc1ccc(C(C)O)cc1CN(C)CC(F)(F)F. The highest BCUT2D eigenvalue weighted by Crippen LogP contribution is 2.26. The van der Waals surface area contributed by atoms with Crippen LogP contribution in [0.5, 0.6) is 5.75 Å². The lowest BCUT2D eigenvalue weighted by Crippen LogP contribution is -2.30. The van der Waals surface area contributed by atoms with Crippen molar-refractivity contribution in [2.45, 2.75) is 32.7 Å². The summed E-state index contributed by atoms with van der Waals surface area (Å²) in [7, 11) is 1.40. The minimum Gasteiger partial charge on any atom is -0.494 e. The third-order valence-electron chi connectivity index (χ3n) is 2.76. The fraction of sp³-hybridized carbons (Fsp3) is 0.571. The van der Waals surface area contributed by atoms with Crippen molar-refractivity contribution in [3.8, 4) is 5.75 Å². The van der Waals surface area contributed by atoms with E-state index in [4.69, 9.17) is 4.74 Å². The molecule has 0 amide bonds. The average Bonchev–Trinajstić information content (AvgIpc) is 2.28. The van der Waals surface area contributed by atoms with E-state index in [0.29, 0.717) is 23.5 Å². The summed E-state index contributed by atoms with van der Waals surface area (Å²) in [6, 6.07) is 5.08. The largest absolute Gasteiger partial charge is 0.494 e. The first-order chi connectivity index (χ1) is 9.23. The van der Waals surface area contributed by atoms with Crippen molar-refractivity contribution in [3.63, 3.8) is 0 Å². The summed E-state index contributed by atoms with van der Waals surface area (Å²) >= 11 is 0. The quantitative estimate of drug-likeness (QED) is 0.874. The molecule has 1 aromatic rings. The van der Waals surface area contributed by atoms with E-state index in [9.17, 15) is 18.3 Å². The molecule has 0 bridgehead atoms. The molecule has 0 aromatic heterocycles. The Morgan fingerprint density at radius 2 is 2.00 bits per heavy atom. The summed E-state index contributed by atoms with van der Waals surface area (Å²) in [6.45, 7) is 2.97. The van der Waals surface area contributed by atoms with Crippen LogP contribution in [0, 0.1) is 0 Å². The van der Waals surface area contributed by atoms with Crippen molar-refractivity contribution in [1.82, 2.24) is 4.90 Å². The van der Waals surface area contributed by atoms with E-state index in [-0.39, 0.29) is 6.54 Å². The Hall–Kier alpha value is -1.27. The molecule has 0 aliphatic heterocycles. The smallest absolute Gasteiger partial charge is 0.401 e. The molecule has 0 heterocycles. The van der Waals surface area contributed by atoms with Crippen LogP contribution in [0.4, 0.5) is 13.2 Å². The molecule has 0 saturated heterocycles. The fourth-order valence-corrected chi connectivity index (χ4v) is 1.93. The second-order valence-corrected chi connectivity index (χ2v) is 4.76. The summed E-state index contributed by atoms with van der Waals surface area (Å²) in [6.07, 6.45) is -4.90. The maximum atomic E-state index is 12.4. The predicted octanol–water partition coefficient (Wildman–Crippen LogP) is 3.13. The van der Waals surface area contributed by atoms with Crippen molar-refractivity contribution in [3.05, 3.63) is 29.3 Å². The maximum absolute atomic E-state index is 12.4. The Kier molecular flexibility index (Phi) is 5.83. The number of alkyl halides is 3. The third kappa shape index (κ3) is 5.38. The molecular formula is C14H20F3NO2. The lowest BCUT2D eigenvalue weighted by Gasteiger charge is -2.21. The van der Waals surface area contributed by atoms with Crippen molar-refractivity contribution >= 4 is 0 Å². The standard InChI is InChI=1S/C14H20F3NO2/c1-4-20-13-6-5-11(10(2)19)7-12(13)8-18(3)9-14(15,16)17/h5-7,10,19H,4,8-9H2,1-3H3. The first kappa shape index (κ1) is 16.8. The average molecular weight is 291 g/mol. The molecule has 3 nitrogen and oxygen atoms in total. The summed E-state index contributed by atoms with van der Waals surface area (Å²) < 4.78 is 42.5. The molecule has 0 radical (unpaired) electrons.